The van der Waals surface area contributed by atoms with E-state index in [0.29, 0.717) is 60.7 Å². The van der Waals surface area contributed by atoms with Crippen molar-refractivity contribution in [3.05, 3.63) is 58.4 Å². The highest BCUT2D eigenvalue weighted by Gasteiger charge is 2.31. The summed E-state index contributed by atoms with van der Waals surface area (Å²) in [5.41, 5.74) is 1.13. The molecule has 0 N–H and O–H groups in total. The maximum absolute atomic E-state index is 13.8. The fourth-order valence-electron chi connectivity index (χ4n) is 4.77. The predicted octanol–water partition coefficient (Wildman–Crippen LogP) is 4.92. The third-order valence-corrected chi connectivity index (χ3v) is 6.83. The number of rotatable bonds is 6. The minimum Gasteiger partial charge on any atom is -0.339 e. The van der Waals surface area contributed by atoms with Crippen LogP contribution in [0, 0.1) is 6.92 Å². The van der Waals surface area contributed by atoms with Crippen LogP contribution in [0.1, 0.15) is 53.3 Å². The van der Waals surface area contributed by atoms with E-state index in [1.54, 1.807) is 17.9 Å². The molecule has 3 heterocycles. The SMILES string of the molecule is Cc1nn(CC(=O)N2CCN(Cc3cccc(C(F)(F)F)c3)CC2)c2nc(C3CC3)cc(C(F)F)c12. The number of aryl methyl sites for hydroxylation is 1. The summed E-state index contributed by atoms with van der Waals surface area (Å²) in [5, 5.41) is 4.66. The van der Waals surface area contributed by atoms with Crippen LogP contribution in [0.5, 0.6) is 0 Å². The fraction of sp³-hybridized carbons (Fsp3) is 0.480. The van der Waals surface area contributed by atoms with Gasteiger partial charge in [-0.2, -0.15) is 18.3 Å². The van der Waals surface area contributed by atoms with E-state index in [1.807, 2.05) is 4.90 Å². The number of nitrogens with zero attached hydrogens (tertiary/aromatic N) is 5. The van der Waals surface area contributed by atoms with Crippen molar-refractivity contribution < 1.29 is 26.7 Å². The third-order valence-electron chi connectivity index (χ3n) is 6.83. The van der Waals surface area contributed by atoms with Gasteiger partial charge in [-0.1, -0.05) is 18.2 Å². The summed E-state index contributed by atoms with van der Waals surface area (Å²) in [6.07, 6.45) is -5.22. The van der Waals surface area contributed by atoms with Gasteiger partial charge in [0.05, 0.1) is 16.6 Å². The first kappa shape index (κ1) is 24.6. The summed E-state index contributed by atoms with van der Waals surface area (Å²) in [7, 11) is 0. The molecule has 3 aromatic rings. The average Bonchev–Trinajstić information content (AvgIpc) is 3.64. The Bertz CT molecular complexity index is 1280. The minimum atomic E-state index is -4.39. The molecule has 0 radical (unpaired) electrons. The highest BCUT2D eigenvalue weighted by atomic mass is 19.4. The van der Waals surface area contributed by atoms with Gasteiger partial charge in [0.15, 0.2) is 5.65 Å². The van der Waals surface area contributed by atoms with Crippen LogP contribution in [0.4, 0.5) is 22.0 Å². The lowest BCUT2D eigenvalue weighted by molar-refractivity contribution is -0.137. The van der Waals surface area contributed by atoms with Gasteiger partial charge in [0.25, 0.3) is 6.43 Å². The van der Waals surface area contributed by atoms with Crippen molar-refractivity contribution in [3.8, 4) is 0 Å². The lowest BCUT2D eigenvalue weighted by Crippen LogP contribution is -2.49. The number of aromatic nitrogens is 3. The van der Waals surface area contributed by atoms with Crippen LogP contribution in [0.2, 0.25) is 0 Å². The van der Waals surface area contributed by atoms with E-state index < -0.39 is 18.2 Å². The van der Waals surface area contributed by atoms with Crippen LogP contribution in [0.3, 0.4) is 0 Å². The van der Waals surface area contributed by atoms with E-state index in [0.717, 1.165) is 25.0 Å². The summed E-state index contributed by atoms with van der Waals surface area (Å²) in [4.78, 5) is 21.3. The average molecular weight is 508 g/mol. The molecule has 1 saturated carbocycles. The number of alkyl halides is 5. The van der Waals surface area contributed by atoms with Gasteiger partial charge in [-0.05, 0) is 37.5 Å². The molecule has 2 fully saturated rings. The van der Waals surface area contributed by atoms with Gasteiger partial charge in [-0.15, -0.1) is 0 Å². The zero-order valence-electron chi connectivity index (χ0n) is 19.7. The summed E-state index contributed by atoms with van der Waals surface area (Å²) in [6, 6.07) is 6.73. The van der Waals surface area contributed by atoms with Gasteiger partial charge in [0.1, 0.15) is 6.54 Å². The maximum Gasteiger partial charge on any atom is 0.416 e. The molecule has 192 valence electrons. The minimum absolute atomic E-state index is 0.0960. The van der Waals surface area contributed by atoms with Crippen molar-refractivity contribution in [1.82, 2.24) is 24.6 Å². The van der Waals surface area contributed by atoms with Crippen molar-refractivity contribution in [3.63, 3.8) is 0 Å². The molecule has 36 heavy (non-hydrogen) atoms. The Balaban J connectivity index is 1.26. The molecule has 1 amide bonds. The van der Waals surface area contributed by atoms with Crippen molar-refractivity contribution in [1.29, 1.82) is 0 Å². The van der Waals surface area contributed by atoms with E-state index >= 15 is 0 Å². The van der Waals surface area contributed by atoms with Gasteiger partial charge in [0.2, 0.25) is 5.91 Å². The number of halogens is 5. The lowest BCUT2D eigenvalue weighted by Gasteiger charge is -2.34. The molecule has 2 aromatic heterocycles. The van der Waals surface area contributed by atoms with Gasteiger partial charge < -0.3 is 4.90 Å². The lowest BCUT2D eigenvalue weighted by atomic mass is 10.1. The molecule has 1 aliphatic carbocycles. The second-order valence-corrected chi connectivity index (χ2v) is 9.51. The number of fused-ring (bicyclic) bond motifs is 1. The standard InChI is InChI=1S/C25H26F5N5O/c1-15-22-19(23(26)27)12-20(17-5-6-17)31-24(22)35(32-15)14-21(36)34-9-7-33(8-10-34)13-16-3-2-4-18(11-16)25(28,29)30/h2-4,11-12,17,23H,5-10,13-14H2,1H3. The molecule has 0 unspecified atom stereocenters. The number of hydrogen-bond donors (Lipinski definition) is 0. The third kappa shape index (κ3) is 5.07. The number of piperazine rings is 1. The van der Waals surface area contributed by atoms with Crippen molar-refractivity contribution in [2.24, 2.45) is 0 Å². The highest BCUT2D eigenvalue weighted by molar-refractivity contribution is 5.85. The molecule has 0 atom stereocenters. The Morgan fingerprint density at radius 1 is 1.11 bits per heavy atom. The van der Waals surface area contributed by atoms with Gasteiger partial charge in [-0.3, -0.25) is 9.69 Å². The molecule has 0 bridgehead atoms. The number of benzene rings is 1. The van der Waals surface area contributed by atoms with Crippen molar-refractivity contribution in [2.75, 3.05) is 26.2 Å². The topological polar surface area (TPSA) is 54.3 Å². The van der Waals surface area contributed by atoms with E-state index in [1.165, 1.54) is 16.8 Å². The molecular weight excluding hydrogens is 481 g/mol. The van der Waals surface area contributed by atoms with Gasteiger partial charge in [-0.25, -0.2) is 18.4 Å². The predicted molar refractivity (Wildman–Crippen MR) is 122 cm³/mol. The Morgan fingerprint density at radius 2 is 1.83 bits per heavy atom. The van der Waals surface area contributed by atoms with E-state index in [9.17, 15) is 26.7 Å². The molecule has 1 aliphatic heterocycles. The maximum atomic E-state index is 13.8. The molecule has 2 aliphatic rings. The fourth-order valence-corrected chi connectivity index (χ4v) is 4.77. The van der Waals surface area contributed by atoms with Crippen LogP contribution in [-0.2, 0) is 24.1 Å². The molecule has 1 saturated heterocycles. The number of hydrogen-bond acceptors (Lipinski definition) is 4. The number of carbonyl (C=O) groups is 1. The monoisotopic (exact) mass is 507 g/mol. The second kappa shape index (κ2) is 9.42. The second-order valence-electron chi connectivity index (χ2n) is 9.51. The molecule has 6 nitrogen and oxygen atoms in total. The van der Waals surface area contributed by atoms with Crippen LogP contribution < -0.4 is 0 Å². The summed E-state index contributed by atoms with van der Waals surface area (Å²) in [6.45, 7) is 3.75. The smallest absolute Gasteiger partial charge is 0.339 e. The van der Waals surface area contributed by atoms with Crippen molar-refractivity contribution in [2.45, 2.75) is 51.4 Å². The highest BCUT2D eigenvalue weighted by Crippen LogP contribution is 2.42. The van der Waals surface area contributed by atoms with E-state index in [-0.39, 0.29) is 23.9 Å². The normalized spacial score (nSPS) is 17.4. The molecule has 1 aromatic carbocycles. The van der Waals surface area contributed by atoms with E-state index in [2.05, 4.69) is 10.1 Å². The summed E-state index contributed by atoms with van der Waals surface area (Å²) in [5.74, 6) is -0.0218. The Labute approximate surface area is 204 Å². The Hall–Kier alpha value is -3.08. The Morgan fingerprint density at radius 3 is 2.47 bits per heavy atom. The molecule has 11 heteroatoms. The van der Waals surface area contributed by atoms with Gasteiger partial charge >= 0.3 is 6.18 Å². The van der Waals surface area contributed by atoms with Crippen LogP contribution in [0.25, 0.3) is 11.0 Å². The van der Waals surface area contributed by atoms with Crippen molar-refractivity contribution >= 4 is 16.9 Å². The number of amides is 1. The summed E-state index contributed by atoms with van der Waals surface area (Å²) < 4.78 is 67.9. The largest absolute Gasteiger partial charge is 0.416 e. The van der Waals surface area contributed by atoms with Crippen LogP contribution in [0.15, 0.2) is 30.3 Å². The molecule has 5 rings (SSSR count). The molecular formula is C25H26F5N5O. The first-order valence-electron chi connectivity index (χ1n) is 11.9. The first-order chi connectivity index (χ1) is 17.1. The van der Waals surface area contributed by atoms with Crippen LogP contribution in [-0.4, -0.2) is 56.7 Å². The number of pyridine rings is 1. The Kier molecular flexibility index (Phi) is 6.44. The quantitative estimate of drug-likeness (QED) is 0.445. The van der Waals surface area contributed by atoms with E-state index in [4.69, 9.17) is 0 Å². The zero-order chi connectivity index (χ0) is 25.6. The van der Waals surface area contributed by atoms with Gasteiger partial charge in [0, 0.05) is 49.9 Å². The molecule has 0 spiro atoms. The zero-order valence-corrected chi connectivity index (χ0v) is 19.7. The number of carbonyl (C=O) groups excluding carboxylic acids is 1. The first-order valence-corrected chi connectivity index (χ1v) is 11.9. The summed E-state index contributed by atoms with van der Waals surface area (Å²) >= 11 is 0. The van der Waals surface area contributed by atoms with Crippen LogP contribution >= 0.6 is 0 Å².